The molecule has 2 heterocycles. The second kappa shape index (κ2) is 7.21. The number of anilines is 2. The number of carbonyl (C=O) groups is 1. The van der Waals surface area contributed by atoms with E-state index in [4.69, 9.17) is 9.47 Å². The van der Waals surface area contributed by atoms with E-state index in [2.05, 4.69) is 5.32 Å². The molecule has 1 aromatic carbocycles. The summed E-state index contributed by atoms with van der Waals surface area (Å²) < 4.78 is 10.3. The smallest absolute Gasteiger partial charge is 0.409 e. The molecule has 8 heteroatoms. The molecule has 0 saturated carbocycles. The van der Waals surface area contributed by atoms with Crippen LogP contribution in [0.25, 0.3) is 0 Å². The van der Waals surface area contributed by atoms with Crippen molar-refractivity contribution >= 4 is 17.5 Å². The van der Waals surface area contributed by atoms with Crippen LogP contribution in [0.2, 0.25) is 0 Å². The molecule has 0 atom stereocenters. The maximum atomic E-state index is 11.9. The van der Waals surface area contributed by atoms with E-state index in [9.17, 15) is 14.4 Å². The molecule has 1 aromatic rings. The van der Waals surface area contributed by atoms with Crippen LogP contribution >= 0.6 is 0 Å². The second-order valence-electron chi connectivity index (χ2n) is 6.09. The van der Waals surface area contributed by atoms with Gasteiger partial charge in [-0.3, -0.25) is 9.59 Å². The SMILES string of the molecule is CCOC(=O)N1CCC(Nc2c(N3CCOCC3)c(=O)c2=O)CC1. The molecule has 3 rings (SSSR count). The molecule has 0 aliphatic carbocycles. The zero-order valence-corrected chi connectivity index (χ0v) is 13.9. The van der Waals surface area contributed by atoms with Crippen molar-refractivity contribution in [1.29, 1.82) is 0 Å². The van der Waals surface area contributed by atoms with Gasteiger partial charge in [-0.25, -0.2) is 4.79 Å². The molecule has 132 valence electrons. The third-order valence-electron chi connectivity index (χ3n) is 4.58. The Kier molecular flexibility index (Phi) is 5.03. The monoisotopic (exact) mass is 337 g/mol. The highest BCUT2D eigenvalue weighted by atomic mass is 16.6. The van der Waals surface area contributed by atoms with E-state index in [0.717, 1.165) is 12.8 Å². The summed E-state index contributed by atoms with van der Waals surface area (Å²) in [6, 6.07) is 0.0822. The van der Waals surface area contributed by atoms with Crippen molar-refractivity contribution in [1.82, 2.24) is 4.90 Å². The summed E-state index contributed by atoms with van der Waals surface area (Å²) in [5.41, 5.74) is 0.0697. The third-order valence-corrected chi connectivity index (χ3v) is 4.58. The summed E-state index contributed by atoms with van der Waals surface area (Å²) in [6.07, 6.45) is 1.15. The van der Waals surface area contributed by atoms with E-state index >= 15 is 0 Å². The van der Waals surface area contributed by atoms with Crippen LogP contribution in [0.3, 0.4) is 0 Å². The number of ether oxygens (including phenoxy) is 2. The first kappa shape index (κ1) is 16.8. The highest BCUT2D eigenvalue weighted by molar-refractivity contribution is 5.75. The van der Waals surface area contributed by atoms with Gasteiger partial charge in [0.2, 0.25) is 0 Å². The Labute approximate surface area is 140 Å². The molecule has 2 saturated heterocycles. The van der Waals surface area contributed by atoms with E-state index in [-0.39, 0.29) is 12.1 Å². The fourth-order valence-corrected chi connectivity index (χ4v) is 3.23. The molecule has 2 aliphatic heterocycles. The number of amides is 1. The number of piperidine rings is 1. The standard InChI is InChI=1S/C16H23N3O5/c1-2-24-16(22)19-5-3-11(4-6-19)17-12-13(15(21)14(12)20)18-7-9-23-10-8-18/h11,17H,2-10H2,1H3. The second-order valence-corrected chi connectivity index (χ2v) is 6.09. The Morgan fingerprint density at radius 2 is 1.83 bits per heavy atom. The van der Waals surface area contributed by atoms with Crippen molar-refractivity contribution < 1.29 is 14.3 Å². The number of hydrogen-bond donors (Lipinski definition) is 1. The maximum absolute atomic E-state index is 11.9. The first-order chi connectivity index (χ1) is 11.6. The fraction of sp³-hybridized carbons (Fsp3) is 0.688. The minimum absolute atomic E-state index is 0.0822. The van der Waals surface area contributed by atoms with Gasteiger partial charge in [0.1, 0.15) is 11.4 Å². The van der Waals surface area contributed by atoms with Crippen LogP contribution in [0.1, 0.15) is 19.8 Å². The number of rotatable bonds is 4. The summed E-state index contributed by atoms with van der Waals surface area (Å²) in [4.78, 5) is 39.2. The van der Waals surface area contributed by atoms with E-state index in [0.29, 0.717) is 57.4 Å². The van der Waals surface area contributed by atoms with Crippen LogP contribution in [0.4, 0.5) is 16.2 Å². The lowest BCUT2D eigenvalue weighted by molar-refractivity contribution is 0.0983. The molecular formula is C16H23N3O5. The summed E-state index contributed by atoms with van der Waals surface area (Å²) in [5, 5.41) is 3.22. The van der Waals surface area contributed by atoms with Gasteiger partial charge in [-0.15, -0.1) is 0 Å². The topological polar surface area (TPSA) is 88.2 Å². The van der Waals surface area contributed by atoms with E-state index in [1.807, 2.05) is 4.90 Å². The molecule has 0 aromatic heterocycles. The van der Waals surface area contributed by atoms with Crippen molar-refractivity contribution in [3.63, 3.8) is 0 Å². The van der Waals surface area contributed by atoms with E-state index < -0.39 is 10.9 Å². The van der Waals surface area contributed by atoms with Gasteiger partial charge in [0.15, 0.2) is 0 Å². The van der Waals surface area contributed by atoms with Crippen molar-refractivity contribution in [2.45, 2.75) is 25.8 Å². The molecule has 2 fully saturated rings. The quantitative estimate of drug-likeness (QED) is 0.783. The average Bonchev–Trinajstić information content (AvgIpc) is 2.62. The van der Waals surface area contributed by atoms with Crippen molar-refractivity contribution in [3.05, 3.63) is 20.4 Å². The van der Waals surface area contributed by atoms with Crippen molar-refractivity contribution in [2.75, 3.05) is 56.2 Å². The zero-order valence-electron chi connectivity index (χ0n) is 13.9. The molecule has 24 heavy (non-hydrogen) atoms. The van der Waals surface area contributed by atoms with Crippen LogP contribution in [-0.2, 0) is 9.47 Å². The first-order valence-electron chi connectivity index (χ1n) is 8.46. The number of carbonyl (C=O) groups excluding carboxylic acids is 1. The molecule has 1 amide bonds. The largest absolute Gasteiger partial charge is 0.450 e. The lowest BCUT2D eigenvalue weighted by Crippen LogP contribution is -2.49. The van der Waals surface area contributed by atoms with Crippen molar-refractivity contribution in [3.8, 4) is 0 Å². The fourth-order valence-electron chi connectivity index (χ4n) is 3.23. The average molecular weight is 337 g/mol. The minimum atomic E-state index is -0.440. The van der Waals surface area contributed by atoms with Gasteiger partial charge in [-0.1, -0.05) is 0 Å². The molecule has 1 N–H and O–H groups in total. The number of nitrogens with one attached hydrogen (secondary N) is 1. The number of likely N-dealkylation sites (tertiary alicyclic amines) is 1. The maximum Gasteiger partial charge on any atom is 0.409 e. The number of hydrogen-bond acceptors (Lipinski definition) is 7. The molecule has 0 radical (unpaired) electrons. The molecule has 2 aliphatic rings. The van der Waals surface area contributed by atoms with Crippen LogP contribution < -0.4 is 21.1 Å². The predicted octanol–water partition coefficient (Wildman–Crippen LogP) is 0.152. The molecule has 0 unspecified atom stereocenters. The Morgan fingerprint density at radius 3 is 2.46 bits per heavy atom. The lowest BCUT2D eigenvalue weighted by atomic mass is 10.0. The Bertz CT molecular complexity index is 653. The highest BCUT2D eigenvalue weighted by Crippen LogP contribution is 2.24. The highest BCUT2D eigenvalue weighted by Gasteiger charge is 2.30. The molecule has 8 nitrogen and oxygen atoms in total. The van der Waals surface area contributed by atoms with Gasteiger partial charge in [0, 0.05) is 32.2 Å². The molecular weight excluding hydrogens is 314 g/mol. The number of morpholine rings is 1. The normalized spacial score (nSPS) is 19.5. The Morgan fingerprint density at radius 1 is 1.17 bits per heavy atom. The van der Waals surface area contributed by atoms with E-state index in [1.54, 1.807) is 11.8 Å². The van der Waals surface area contributed by atoms with Gasteiger partial charge in [-0.05, 0) is 19.8 Å². The number of nitrogens with zero attached hydrogens (tertiary/aromatic N) is 2. The first-order valence-corrected chi connectivity index (χ1v) is 8.46. The zero-order chi connectivity index (χ0) is 17.1. The molecule has 0 spiro atoms. The van der Waals surface area contributed by atoms with E-state index in [1.165, 1.54) is 0 Å². The summed E-state index contributed by atoms with van der Waals surface area (Å²) in [7, 11) is 0. The minimum Gasteiger partial charge on any atom is -0.450 e. The van der Waals surface area contributed by atoms with Crippen LogP contribution in [-0.4, -0.2) is 63.0 Å². The Hall–Kier alpha value is -2.09. The van der Waals surface area contributed by atoms with Crippen molar-refractivity contribution in [2.24, 2.45) is 0 Å². The molecule has 0 bridgehead atoms. The summed E-state index contributed by atoms with van der Waals surface area (Å²) in [6.45, 7) is 5.69. The van der Waals surface area contributed by atoms with Gasteiger partial charge in [-0.2, -0.15) is 0 Å². The van der Waals surface area contributed by atoms with Crippen LogP contribution in [0, 0.1) is 0 Å². The summed E-state index contributed by atoms with van der Waals surface area (Å²) >= 11 is 0. The predicted molar refractivity (Wildman–Crippen MR) is 89.6 cm³/mol. The van der Waals surface area contributed by atoms with Crippen LogP contribution in [0.5, 0.6) is 0 Å². The summed E-state index contributed by atoms with van der Waals surface area (Å²) in [5.74, 6) is 0. The van der Waals surface area contributed by atoms with Gasteiger partial charge >= 0.3 is 6.09 Å². The Balaban J connectivity index is 1.60. The van der Waals surface area contributed by atoms with Gasteiger partial charge < -0.3 is 24.6 Å². The van der Waals surface area contributed by atoms with Crippen LogP contribution in [0.15, 0.2) is 9.59 Å². The van der Waals surface area contributed by atoms with Gasteiger partial charge in [0.05, 0.1) is 19.8 Å². The van der Waals surface area contributed by atoms with Gasteiger partial charge in [0.25, 0.3) is 10.9 Å². The third kappa shape index (κ3) is 3.24. The lowest BCUT2D eigenvalue weighted by Gasteiger charge is -2.35.